The Morgan fingerprint density at radius 2 is 1.60 bits per heavy atom. The van der Waals surface area contributed by atoms with E-state index in [1.807, 2.05) is 67.6 Å². The number of hydrogen-bond donors (Lipinski definition) is 1. The van der Waals surface area contributed by atoms with Crippen molar-refractivity contribution in [1.82, 2.24) is 9.21 Å². The number of benzene rings is 4. The van der Waals surface area contributed by atoms with E-state index >= 15 is 0 Å². The molecule has 1 amide bonds. The van der Waals surface area contributed by atoms with Crippen molar-refractivity contribution in [1.29, 1.82) is 0 Å². The fourth-order valence-electron chi connectivity index (χ4n) is 4.56. The molecule has 4 aromatic carbocycles. The molecule has 0 spiro atoms. The Morgan fingerprint density at radius 3 is 2.33 bits per heavy atom. The zero-order valence-electron chi connectivity index (χ0n) is 22.1. The Hall–Kier alpha value is -3.69. The van der Waals surface area contributed by atoms with E-state index in [2.05, 4.69) is 10.2 Å². The Labute approximate surface area is 240 Å². The van der Waals surface area contributed by atoms with Crippen LogP contribution in [0.4, 0.5) is 5.69 Å². The fourth-order valence-corrected chi connectivity index (χ4v) is 6.15. The quantitative estimate of drug-likeness (QED) is 0.271. The first-order valence-electron chi connectivity index (χ1n) is 13.0. The third kappa shape index (κ3) is 6.71. The van der Waals surface area contributed by atoms with Crippen LogP contribution >= 0.6 is 11.6 Å². The fraction of sp³-hybridized carbons (Fsp3) is 0.194. The highest BCUT2D eigenvalue weighted by Gasteiger charge is 2.28. The van der Waals surface area contributed by atoms with E-state index in [9.17, 15) is 13.2 Å². The molecule has 1 aliphatic heterocycles. The van der Waals surface area contributed by atoms with Crippen molar-refractivity contribution >= 4 is 33.2 Å². The number of ether oxygens (including phenoxy) is 1. The largest absolute Gasteiger partial charge is 0.455 e. The number of para-hydroxylation sites is 1. The van der Waals surface area contributed by atoms with E-state index < -0.39 is 10.0 Å². The molecule has 0 bridgehead atoms. The lowest BCUT2D eigenvalue weighted by atomic mass is 10.1. The van der Waals surface area contributed by atoms with Gasteiger partial charge in [-0.05, 0) is 67.1 Å². The van der Waals surface area contributed by atoms with Gasteiger partial charge in [0.1, 0.15) is 5.75 Å². The molecular formula is C31H30ClN3O4S. The van der Waals surface area contributed by atoms with Gasteiger partial charge in [-0.3, -0.25) is 9.69 Å². The van der Waals surface area contributed by atoms with Gasteiger partial charge in [0, 0.05) is 43.3 Å². The molecule has 0 aliphatic carbocycles. The predicted molar refractivity (Wildman–Crippen MR) is 158 cm³/mol. The molecule has 1 N–H and O–H groups in total. The summed E-state index contributed by atoms with van der Waals surface area (Å²) in [6.07, 6.45) is 0. The number of nitrogens with zero attached hydrogens (tertiary/aromatic N) is 2. The molecule has 0 unspecified atom stereocenters. The number of amides is 1. The van der Waals surface area contributed by atoms with Crippen LogP contribution in [0.1, 0.15) is 21.5 Å². The highest BCUT2D eigenvalue weighted by molar-refractivity contribution is 7.89. The monoisotopic (exact) mass is 575 g/mol. The Balaban J connectivity index is 1.22. The van der Waals surface area contributed by atoms with Gasteiger partial charge in [-0.25, -0.2) is 8.42 Å². The topological polar surface area (TPSA) is 79.0 Å². The summed E-state index contributed by atoms with van der Waals surface area (Å²) in [5, 5.41) is 3.40. The first-order valence-corrected chi connectivity index (χ1v) is 14.8. The molecule has 5 rings (SSSR count). The van der Waals surface area contributed by atoms with E-state index in [4.69, 9.17) is 16.3 Å². The van der Waals surface area contributed by atoms with Crippen molar-refractivity contribution in [2.75, 3.05) is 31.5 Å². The number of nitrogens with one attached hydrogen (secondary N) is 1. The lowest BCUT2D eigenvalue weighted by Gasteiger charge is -2.34. The van der Waals surface area contributed by atoms with Crippen LogP contribution in [0.15, 0.2) is 102 Å². The van der Waals surface area contributed by atoms with Gasteiger partial charge in [-0.1, -0.05) is 59.6 Å². The lowest BCUT2D eigenvalue weighted by Crippen LogP contribution is -2.48. The number of sulfonamides is 1. The van der Waals surface area contributed by atoms with Crippen molar-refractivity contribution in [3.8, 4) is 11.5 Å². The zero-order valence-corrected chi connectivity index (χ0v) is 23.7. The first kappa shape index (κ1) is 27.9. The summed E-state index contributed by atoms with van der Waals surface area (Å²) in [6, 6.07) is 28.8. The smallest absolute Gasteiger partial charge is 0.255 e. The van der Waals surface area contributed by atoms with Crippen LogP contribution in [0.2, 0.25) is 5.02 Å². The average Bonchev–Trinajstić information content (AvgIpc) is 2.96. The number of piperazine rings is 1. The van der Waals surface area contributed by atoms with Crippen molar-refractivity contribution in [2.24, 2.45) is 0 Å². The van der Waals surface area contributed by atoms with Crippen molar-refractivity contribution in [3.05, 3.63) is 119 Å². The van der Waals surface area contributed by atoms with Gasteiger partial charge in [0.15, 0.2) is 5.75 Å². The molecule has 40 heavy (non-hydrogen) atoms. The highest BCUT2D eigenvalue weighted by Crippen LogP contribution is 2.32. The maximum atomic E-state index is 13.2. The van der Waals surface area contributed by atoms with E-state index in [0.717, 1.165) is 11.1 Å². The molecule has 1 fully saturated rings. The summed E-state index contributed by atoms with van der Waals surface area (Å²) in [5.41, 5.74) is 2.96. The van der Waals surface area contributed by atoms with Crippen LogP contribution in [0, 0.1) is 6.92 Å². The van der Waals surface area contributed by atoms with Crippen LogP contribution < -0.4 is 10.1 Å². The Bertz CT molecular complexity index is 1590. The molecular weight excluding hydrogens is 546 g/mol. The number of halogens is 1. The van der Waals surface area contributed by atoms with Gasteiger partial charge in [0.2, 0.25) is 10.0 Å². The van der Waals surface area contributed by atoms with Crippen LogP contribution in [0.25, 0.3) is 0 Å². The van der Waals surface area contributed by atoms with E-state index in [1.54, 1.807) is 36.4 Å². The van der Waals surface area contributed by atoms with Gasteiger partial charge in [-0.15, -0.1) is 0 Å². The summed E-state index contributed by atoms with van der Waals surface area (Å²) >= 11 is 6.21. The van der Waals surface area contributed by atoms with Crippen LogP contribution in [-0.4, -0.2) is 49.7 Å². The SMILES string of the molecule is Cc1ccc(S(=O)(=O)N2CCN(Cc3cccc(C(=O)Nc4cc(Cl)ccc4Oc4ccccc4)c3)CC2)cc1. The standard InChI is InChI=1S/C31H30ClN3O4S/c1-23-10-13-28(14-11-23)40(37,38)35-18-16-34(17-19-35)22-24-6-5-7-25(20-24)31(36)33-29-21-26(32)12-15-30(29)39-27-8-3-2-4-9-27/h2-15,20-21H,16-19,22H2,1H3,(H,33,36). The van der Waals surface area contributed by atoms with Crippen molar-refractivity contribution in [3.63, 3.8) is 0 Å². The second-order valence-corrected chi connectivity index (χ2v) is 12.1. The normalized spacial score (nSPS) is 14.6. The van der Waals surface area contributed by atoms with Crippen LogP contribution in [-0.2, 0) is 16.6 Å². The zero-order chi connectivity index (χ0) is 28.1. The van der Waals surface area contributed by atoms with Crippen molar-refractivity contribution < 1.29 is 17.9 Å². The number of hydrogen-bond acceptors (Lipinski definition) is 5. The highest BCUT2D eigenvalue weighted by atomic mass is 35.5. The molecule has 1 saturated heterocycles. The molecule has 7 nitrogen and oxygen atoms in total. The Kier molecular flexibility index (Phi) is 8.52. The molecule has 0 saturated carbocycles. The van der Waals surface area contributed by atoms with Crippen LogP contribution in [0.5, 0.6) is 11.5 Å². The molecule has 4 aromatic rings. The van der Waals surface area contributed by atoms with Crippen LogP contribution in [0.3, 0.4) is 0 Å². The summed E-state index contributed by atoms with van der Waals surface area (Å²) in [6.45, 7) is 4.57. The van der Waals surface area contributed by atoms with Gasteiger partial charge in [0.05, 0.1) is 10.6 Å². The lowest BCUT2D eigenvalue weighted by molar-refractivity contribution is 0.102. The molecule has 0 aromatic heterocycles. The second-order valence-electron chi connectivity index (χ2n) is 9.70. The van der Waals surface area contributed by atoms with Gasteiger partial charge in [-0.2, -0.15) is 4.31 Å². The summed E-state index contributed by atoms with van der Waals surface area (Å²) in [4.78, 5) is 15.7. The average molecular weight is 576 g/mol. The predicted octanol–water partition coefficient (Wildman–Crippen LogP) is 6.20. The number of aryl methyl sites for hydroxylation is 1. The van der Waals surface area contributed by atoms with Gasteiger partial charge >= 0.3 is 0 Å². The summed E-state index contributed by atoms with van der Waals surface area (Å²) in [5.74, 6) is 0.851. The summed E-state index contributed by atoms with van der Waals surface area (Å²) < 4.78 is 33.6. The minimum Gasteiger partial charge on any atom is -0.455 e. The summed E-state index contributed by atoms with van der Waals surface area (Å²) in [7, 11) is -3.52. The van der Waals surface area contributed by atoms with Gasteiger partial charge in [0.25, 0.3) is 5.91 Å². The number of carbonyl (C=O) groups excluding carboxylic acids is 1. The third-order valence-electron chi connectivity index (χ3n) is 6.75. The van der Waals surface area contributed by atoms with Gasteiger partial charge < -0.3 is 10.1 Å². The van der Waals surface area contributed by atoms with E-state index in [0.29, 0.717) is 65.4 Å². The van der Waals surface area contributed by atoms with Crippen molar-refractivity contribution in [2.45, 2.75) is 18.4 Å². The number of rotatable bonds is 8. The molecule has 1 heterocycles. The first-order chi connectivity index (χ1) is 19.3. The second kappa shape index (κ2) is 12.2. The molecule has 206 valence electrons. The molecule has 1 aliphatic rings. The maximum Gasteiger partial charge on any atom is 0.255 e. The third-order valence-corrected chi connectivity index (χ3v) is 8.89. The van der Waals surface area contributed by atoms with E-state index in [1.165, 1.54) is 4.31 Å². The molecule has 0 atom stereocenters. The maximum absolute atomic E-state index is 13.2. The number of anilines is 1. The molecule has 9 heteroatoms. The number of carbonyl (C=O) groups is 1. The molecule has 0 radical (unpaired) electrons. The minimum atomic E-state index is -3.52. The Morgan fingerprint density at radius 1 is 0.875 bits per heavy atom. The minimum absolute atomic E-state index is 0.281. The van der Waals surface area contributed by atoms with E-state index in [-0.39, 0.29) is 5.91 Å².